The fourth-order valence-electron chi connectivity index (χ4n) is 5.22. The number of aliphatic hydroxyl groups excluding tert-OH is 1. The first-order valence-corrected chi connectivity index (χ1v) is 10.0. The molecule has 144 valence electrons. The molecule has 2 aliphatic carbocycles. The van der Waals surface area contributed by atoms with Gasteiger partial charge >= 0.3 is 0 Å². The molecule has 1 aromatic heterocycles. The first kappa shape index (κ1) is 18.5. The van der Waals surface area contributed by atoms with Gasteiger partial charge in [-0.1, -0.05) is 19.1 Å². The van der Waals surface area contributed by atoms with Gasteiger partial charge in [0, 0.05) is 11.6 Å². The molecule has 4 heteroatoms. The molecule has 0 radical (unpaired) electrons. The summed E-state index contributed by atoms with van der Waals surface area (Å²) in [5.41, 5.74) is 2.54. The second-order valence-corrected chi connectivity index (χ2v) is 8.46. The normalized spacial score (nSPS) is 32.4. The molecule has 4 nitrogen and oxygen atoms in total. The van der Waals surface area contributed by atoms with Crippen molar-refractivity contribution in [3.05, 3.63) is 59.4 Å². The highest BCUT2D eigenvalue weighted by atomic mass is 16.5. The van der Waals surface area contributed by atoms with Gasteiger partial charge in [0.25, 0.3) is 0 Å². The summed E-state index contributed by atoms with van der Waals surface area (Å²) in [5.74, 6) is 1.28. The first-order valence-electron chi connectivity index (χ1n) is 10.0. The van der Waals surface area contributed by atoms with Crippen molar-refractivity contribution in [3.8, 4) is 5.75 Å². The number of pyridine rings is 1. The Bertz CT molecular complexity index is 805. The Hall–Kier alpha value is -1.91. The standard InChI is InChI=1S/C23H29NO3/c1-3-23-14-21(25)22(2,26)13-17(23)8-7-16-12-19(9-10-20(16)23)27-15-18-6-4-5-11-24-18/h4-6,9-12,17,21,25-26H,3,7-8,13-15H2,1-2H3/t17-,21+,22+,23-/m1/s1. The van der Waals surface area contributed by atoms with Crippen LogP contribution >= 0.6 is 0 Å². The van der Waals surface area contributed by atoms with Crippen molar-refractivity contribution in [1.29, 1.82) is 0 Å². The zero-order valence-corrected chi connectivity index (χ0v) is 16.2. The molecule has 0 aliphatic heterocycles. The number of hydrogen-bond acceptors (Lipinski definition) is 4. The van der Waals surface area contributed by atoms with Gasteiger partial charge in [0.1, 0.15) is 12.4 Å². The summed E-state index contributed by atoms with van der Waals surface area (Å²) in [6.45, 7) is 4.45. The van der Waals surface area contributed by atoms with Crippen LogP contribution in [0.1, 0.15) is 56.4 Å². The van der Waals surface area contributed by atoms with Crippen LogP contribution in [0.5, 0.6) is 5.75 Å². The van der Waals surface area contributed by atoms with Crippen LogP contribution in [-0.4, -0.2) is 26.9 Å². The Balaban J connectivity index is 1.59. The number of aryl methyl sites for hydroxylation is 1. The molecule has 0 saturated heterocycles. The van der Waals surface area contributed by atoms with E-state index in [0.29, 0.717) is 25.4 Å². The minimum absolute atomic E-state index is 0.0469. The molecule has 0 amide bonds. The molecular formula is C23H29NO3. The Morgan fingerprint density at radius 3 is 2.81 bits per heavy atom. The maximum Gasteiger partial charge on any atom is 0.130 e. The van der Waals surface area contributed by atoms with Crippen molar-refractivity contribution in [1.82, 2.24) is 4.98 Å². The molecule has 1 aromatic carbocycles. The van der Waals surface area contributed by atoms with Crippen molar-refractivity contribution in [3.63, 3.8) is 0 Å². The van der Waals surface area contributed by atoms with Crippen LogP contribution in [0.3, 0.4) is 0 Å². The molecule has 27 heavy (non-hydrogen) atoms. The van der Waals surface area contributed by atoms with E-state index < -0.39 is 11.7 Å². The third-order valence-electron chi connectivity index (χ3n) is 6.84. The van der Waals surface area contributed by atoms with E-state index in [1.54, 1.807) is 13.1 Å². The fraction of sp³-hybridized carbons (Fsp3) is 0.522. The largest absolute Gasteiger partial charge is 0.487 e. The number of hydrogen-bond donors (Lipinski definition) is 2. The summed E-state index contributed by atoms with van der Waals surface area (Å²) in [6.07, 6.45) is 5.41. The summed E-state index contributed by atoms with van der Waals surface area (Å²) in [7, 11) is 0. The molecule has 4 atom stereocenters. The van der Waals surface area contributed by atoms with Crippen LogP contribution in [0.15, 0.2) is 42.6 Å². The van der Waals surface area contributed by atoms with Crippen LogP contribution in [0, 0.1) is 5.92 Å². The van der Waals surface area contributed by atoms with E-state index in [0.717, 1.165) is 30.7 Å². The van der Waals surface area contributed by atoms with Crippen LogP contribution in [0.4, 0.5) is 0 Å². The van der Waals surface area contributed by atoms with E-state index in [9.17, 15) is 10.2 Å². The van der Waals surface area contributed by atoms with Gasteiger partial charge in [0.05, 0.1) is 17.4 Å². The Morgan fingerprint density at radius 2 is 2.07 bits per heavy atom. The summed E-state index contributed by atoms with van der Waals surface area (Å²) >= 11 is 0. The lowest BCUT2D eigenvalue weighted by Crippen LogP contribution is -2.56. The highest BCUT2D eigenvalue weighted by Gasteiger charge is 2.53. The van der Waals surface area contributed by atoms with E-state index in [1.807, 2.05) is 24.3 Å². The highest BCUT2D eigenvalue weighted by Crippen LogP contribution is 2.54. The molecule has 2 aromatic rings. The summed E-state index contributed by atoms with van der Waals surface area (Å²) in [4.78, 5) is 4.30. The molecule has 1 fully saturated rings. The van der Waals surface area contributed by atoms with E-state index in [2.05, 4.69) is 24.0 Å². The zero-order chi connectivity index (χ0) is 19.1. The number of fused-ring (bicyclic) bond motifs is 3. The Labute approximate surface area is 161 Å². The van der Waals surface area contributed by atoms with Gasteiger partial charge in [-0.2, -0.15) is 0 Å². The number of aliphatic hydroxyl groups is 2. The van der Waals surface area contributed by atoms with Gasteiger partial charge < -0.3 is 14.9 Å². The molecule has 1 saturated carbocycles. The number of nitrogens with zero attached hydrogens (tertiary/aromatic N) is 1. The average molecular weight is 367 g/mol. The van der Waals surface area contributed by atoms with Gasteiger partial charge in [0.15, 0.2) is 0 Å². The number of rotatable bonds is 4. The molecule has 0 spiro atoms. The Morgan fingerprint density at radius 1 is 1.22 bits per heavy atom. The van der Waals surface area contributed by atoms with Crippen LogP contribution in [0.2, 0.25) is 0 Å². The number of ether oxygens (including phenoxy) is 1. The number of aromatic nitrogens is 1. The maximum absolute atomic E-state index is 10.6. The lowest BCUT2D eigenvalue weighted by molar-refractivity contribution is -0.129. The van der Waals surface area contributed by atoms with Crippen LogP contribution in [-0.2, 0) is 18.4 Å². The zero-order valence-electron chi connectivity index (χ0n) is 16.2. The third-order valence-corrected chi connectivity index (χ3v) is 6.84. The second kappa shape index (κ2) is 6.92. The van der Waals surface area contributed by atoms with Gasteiger partial charge in [-0.25, -0.2) is 0 Å². The molecule has 2 aliphatic rings. The monoisotopic (exact) mass is 367 g/mol. The highest BCUT2D eigenvalue weighted by molar-refractivity contribution is 5.44. The summed E-state index contributed by atoms with van der Waals surface area (Å²) in [6, 6.07) is 12.2. The van der Waals surface area contributed by atoms with Crippen molar-refractivity contribution >= 4 is 0 Å². The molecule has 4 rings (SSSR count). The van der Waals surface area contributed by atoms with Gasteiger partial charge in [-0.05, 0) is 80.3 Å². The predicted molar refractivity (Wildman–Crippen MR) is 105 cm³/mol. The molecule has 1 heterocycles. The second-order valence-electron chi connectivity index (χ2n) is 8.46. The van der Waals surface area contributed by atoms with E-state index in [4.69, 9.17) is 4.74 Å². The lowest BCUT2D eigenvalue weighted by atomic mass is 9.53. The maximum atomic E-state index is 10.6. The minimum atomic E-state index is -0.980. The Kier molecular flexibility index (Phi) is 4.73. The molecule has 0 bridgehead atoms. The smallest absolute Gasteiger partial charge is 0.130 e. The SMILES string of the molecule is CC[C@@]12C[C@H](O)[C@@](C)(O)C[C@H]1CCc1cc(OCc3ccccn3)ccc12. The van der Waals surface area contributed by atoms with Gasteiger partial charge in [-0.15, -0.1) is 0 Å². The van der Waals surface area contributed by atoms with Crippen LogP contribution < -0.4 is 4.74 Å². The molecule has 2 N–H and O–H groups in total. The van der Waals surface area contributed by atoms with Crippen molar-refractivity contribution in [2.24, 2.45) is 5.92 Å². The van der Waals surface area contributed by atoms with Gasteiger partial charge in [-0.3, -0.25) is 4.98 Å². The van der Waals surface area contributed by atoms with E-state index in [-0.39, 0.29) is 5.41 Å². The molecular weight excluding hydrogens is 338 g/mol. The topological polar surface area (TPSA) is 62.6 Å². The van der Waals surface area contributed by atoms with E-state index >= 15 is 0 Å². The quantitative estimate of drug-likeness (QED) is 0.863. The predicted octanol–water partition coefficient (Wildman–Crippen LogP) is 3.78. The van der Waals surface area contributed by atoms with E-state index in [1.165, 1.54) is 11.1 Å². The van der Waals surface area contributed by atoms with Crippen LogP contribution in [0.25, 0.3) is 0 Å². The van der Waals surface area contributed by atoms with Crippen molar-refractivity contribution in [2.75, 3.05) is 0 Å². The summed E-state index contributed by atoms with van der Waals surface area (Å²) < 4.78 is 5.96. The summed E-state index contributed by atoms with van der Waals surface area (Å²) in [5, 5.41) is 21.2. The third kappa shape index (κ3) is 3.26. The number of benzene rings is 1. The van der Waals surface area contributed by atoms with Gasteiger partial charge in [0.2, 0.25) is 0 Å². The fourth-order valence-corrected chi connectivity index (χ4v) is 5.22. The average Bonchev–Trinajstić information content (AvgIpc) is 2.68. The van der Waals surface area contributed by atoms with Crippen molar-refractivity contribution < 1.29 is 14.9 Å². The minimum Gasteiger partial charge on any atom is -0.487 e. The first-order chi connectivity index (χ1) is 12.9. The van der Waals surface area contributed by atoms with Crippen molar-refractivity contribution in [2.45, 2.75) is 69.7 Å². The lowest BCUT2D eigenvalue weighted by Gasteiger charge is -2.54. The molecule has 0 unspecified atom stereocenters.